The summed E-state index contributed by atoms with van der Waals surface area (Å²) in [5, 5.41) is 3.26. The lowest BCUT2D eigenvalue weighted by Gasteiger charge is -2.38. The molecule has 0 aromatic carbocycles. The maximum absolute atomic E-state index is 11.9. The summed E-state index contributed by atoms with van der Waals surface area (Å²) in [6.07, 6.45) is 2.38. The van der Waals surface area contributed by atoms with E-state index in [0.717, 1.165) is 19.4 Å². The molecule has 0 bridgehead atoms. The minimum absolute atomic E-state index is 0.0406. The summed E-state index contributed by atoms with van der Waals surface area (Å²) < 4.78 is 10.6. The third kappa shape index (κ3) is 9.89. The lowest BCUT2D eigenvalue weighted by molar-refractivity contribution is -0.122. The second kappa shape index (κ2) is 11.2. The highest BCUT2D eigenvalue weighted by atomic mass is 16.6. The van der Waals surface area contributed by atoms with Crippen molar-refractivity contribution in [2.24, 2.45) is 0 Å². The fourth-order valence-electron chi connectivity index (χ4n) is 3.63. The summed E-state index contributed by atoms with van der Waals surface area (Å²) >= 11 is 0. The van der Waals surface area contributed by atoms with E-state index in [2.05, 4.69) is 12.2 Å². The number of piperidine rings is 2. The molecule has 2 fully saturated rings. The summed E-state index contributed by atoms with van der Waals surface area (Å²) in [5.41, 5.74) is -0.880. The molecule has 1 unspecified atom stereocenters. The van der Waals surface area contributed by atoms with Gasteiger partial charge in [0.05, 0.1) is 0 Å². The number of nitrogens with zero attached hydrogens (tertiary/aromatic N) is 2. The van der Waals surface area contributed by atoms with Crippen molar-refractivity contribution in [3.63, 3.8) is 0 Å². The molecule has 2 amide bonds. The molecule has 0 saturated carbocycles. The number of ether oxygens (including phenoxy) is 2. The van der Waals surface area contributed by atoms with Crippen LogP contribution < -0.4 is 5.32 Å². The Kier molecular flexibility index (Phi) is 9.79. The minimum Gasteiger partial charge on any atom is -0.444 e. The Balaban J connectivity index is 0.000000311. The fraction of sp³-hybridized carbons (Fsp3) is 0.870. The van der Waals surface area contributed by atoms with Crippen molar-refractivity contribution in [1.82, 2.24) is 15.1 Å². The van der Waals surface area contributed by atoms with Gasteiger partial charge in [-0.15, -0.1) is 0 Å². The van der Waals surface area contributed by atoms with Gasteiger partial charge in [-0.05, 0) is 75.3 Å². The molecular weight excluding hydrogens is 398 g/mol. The summed E-state index contributed by atoms with van der Waals surface area (Å²) in [6, 6.07) is 0.732. The SMILES string of the molecule is CNC1CCN(C(=O)OC(C)(C)C)[C@@H](C)C1.C[C@H]1CC(=O)CCN1C(=O)OC(C)(C)C. The van der Waals surface area contributed by atoms with E-state index in [0.29, 0.717) is 25.4 Å². The lowest BCUT2D eigenvalue weighted by Crippen LogP contribution is -2.50. The van der Waals surface area contributed by atoms with E-state index in [4.69, 9.17) is 9.47 Å². The number of Topliss-reactive ketones (excluding diaryl/α,β-unsaturated/α-hetero) is 1. The van der Waals surface area contributed by atoms with E-state index in [-0.39, 0.29) is 30.1 Å². The molecule has 180 valence electrons. The first-order chi connectivity index (χ1) is 14.1. The zero-order valence-corrected chi connectivity index (χ0v) is 20.9. The largest absolute Gasteiger partial charge is 0.444 e. The fourth-order valence-corrected chi connectivity index (χ4v) is 3.63. The number of amides is 2. The number of likely N-dealkylation sites (tertiary alicyclic amines) is 2. The molecular formula is C23H43N3O5. The molecule has 31 heavy (non-hydrogen) atoms. The molecule has 1 N–H and O–H groups in total. The summed E-state index contributed by atoms with van der Waals surface area (Å²) in [5.74, 6) is 0.224. The van der Waals surface area contributed by atoms with Crippen molar-refractivity contribution in [2.75, 3.05) is 20.1 Å². The third-order valence-electron chi connectivity index (χ3n) is 5.23. The van der Waals surface area contributed by atoms with Crippen LogP contribution in [0, 0.1) is 0 Å². The van der Waals surface area contributed by atoms with Gasteiger partial charge in [0.25, 0.3) is 0 Å². The first-order valence-corrected chi connectivity index (χ1v) is 11.3. The van der Waals surface area contributed by atoms with Crippen LogP contribution in [-0.4, -0.2) is 77.2 Å². The minimum atomic E-state index is -0.474. The second-order valence-corrected chi connectivity index (χ2v) is 10.5. The highest BCUT2D eigenvalue weighted by Gasteiger charge is 2.32. The number of carbonyl (C=O) groups excluding carboxylic acids is 3. The normalized spacial score (nSPS) is 24.8. The predicted octanol–water partition coefficient (Wildman–Crippen LogP) is 3.97. The van der Waals surface area contributed by atoms with E-state index in [9.17, 15) is 14.4 Å². The van der Waals surface area contributed by atoms with Crippen molar-refractivity contribution in [3.8, 4) is 0 Å². The van der Waals surface area contributed by atoms with Gasteiger partial charge in [0, 0.05) is 44.1 Å². The van der Waals surface area contributed by atoms with Crippen LogP contribution in [0.1, 0.15) is 81.1 Å². The van der Waals surface area contributed by atoms with Gasteiger partial charge in [0.2, 0.25) is 0 Å². The number of nitrogens with one attached hydrogen (secondary N) is 1. The molecule has 2 aliphatic heterocycles. The quantitative estimate of drug-likeness (QED) is 0.662. The molecule has 8 heteroatoms. The van der Waals surface area contributed by atoms with Crippen LogP contribution in [0.4, 0.5) is 9.59 Å². The van der Waals surface area contributed by atoms with Gasteiger partial charge >= 0.3 is 12.2 Å². The van der Waals surface area contributed by atoms with Crippen LogP contribution in [0.2, 0.25) is 0 Å². The van der Waals surface area contributed by atoms with Gasteiger partial charge in [-0.1, -0.05) is 0 Å². The predicted molar refractivity (Wildman–Crippen MR) is 121 cm³/mol. The Morgan fingerprint density at radius 1 is 0.903 bits per heavy atom. The van der Waals surface area contributed by atoms with E-state index < -0.39 is 11.2 Å². The van der Waals surface area contributed by atoms with Crippen molar-refractivity contribution in [2.45, 2.75) is 110 Å². The van der Waals surface area contributed by atoms with E-state index in [1.54, 1.807) is 4.90 Å². The highest BCUT2D eigenvalue weighted by molar-refractivity contribution is 5.82. The van der Waals surface area contributed by atoms with Crippen LogP contribution in [0.3, 0.4) is 0 Å². The number of carbonyl (C=O) groups is 3. The molecule has 2 rings (SSSR count). The highest BCUT2D eigenvalue weighted by Crippen LogP contribution is 2.20. The molecule has 0 aliphatic carbocycles. The van der Waals surface area contributed by atoms with Gasteiger partial charge in [-0.2, -0.15) is 0 Å². The van der Waals surface area contributed by atoms with E-state index in [1.807, 2.05) is 60.4 Å². The smallest absolute Gasteiger partial charge is 0.410 e. The Morgan fingerprint density at radius 2 is 1.39 bits per heavy atom. The van der Waals surface area contributed by atoms with E-state index in [1.165, 1.54) is 0 Å². The number of ketones is 1. The molecule has 0 radical (unpaired) electrons. The monoisotopic (exact) mass is 441 g/mol. The maximum Gasteiger partial charge on any atom is 0.410 e. The Morgan fingerprint density at radius 3 is 1.77 bits per heavy atom. The summed E-state index contributed by atoms with van der Waals surface area (Å²) in [4.78, 5) is 38.2. The first kappa shape index (κ1) is 27.2. The molecule has 0 spiro atoms. The van der Waals surface area contributed by atoms with Crippen molar-refractivity contribution < 1.29 is 23.9 Å². The molecule has 2 heterocycles. The van der Waals surface area contributed by atoms with Crippen LogP contribution in [0.15, 0.2) is 0 Å². The first-order valence-electron chi connectivity index (χ1n) is 11.3. The third-order valence-corrected chi connectivity index (χ3v) is 5.23. The molecule has 2 aliphatic rings. The van der Waals surface area contributed by atoms with Crippen molar-refractivity contribution >= 4 is 18.0 Å². The molecule has 3 atom stereocenters. The second-order valence-electron chi connectivity index (χ2n) is 10.5. The number of rotatable bonds is 1. The van der Waals surface area contributed by atoms with Crippen molar-refractivity contribution in [1.29, 1.82) is 0 Å². The number of hydrogen-bond donors (Lipinski definition) is 1. The van der Waals surface area contributed by atoms with Gasteiger partial charge < -0.3 is 24.6 Å². The summed E-state index contributed by atoms with van der Waals surface area (Å²) in [6.45, 7) is 16.4. The molecule has 0 aromatic heterocycles. The lowest BCUT2D eigenvalue weighted by atomic mass is 9.99. The Bertz CT molecular complexity index is 624. The zero-order valence-electron chi connectivity index (χ0n) is 20.9. The Labute approximate surface area is 188 Å². The van der Waals surface area contributed by atoms with E-state index >= 15 is 0 Å². The van der Waals surface area contributed by atoms with Gasteiger partial charge in [0.1, 0.15) is 17.0 Å². The van der Waals surface area contributed by atoms with Crippen LogP contribution in [0.5, 0.6) is 0 Å². The molecule has 0 aromatic rings. The standard InChI is InChI=1S/C12H24N2O2.C11H19NO3/c1-9-8-10(13-5)6-7-14(9)11(15)16-12(2,3)4;1-8-7-9(13)5-6-12(8)10(14)15-11(2,3)4/h9-10,13H,6-8H2,1-5H3;8H,5-7H2,1-4H3/t9-,10?;8-/m00/s1. The number of hydrogen-bond acceptors (Lipinski definition) is 6. The van der Waals surface area contributed by atoms with Crippen LogP contribution in [0.25, 0.3) is 0 Å². The van der Waals surface area contributed by atoms with Crippen LogP contribution in [-0.2, 0) is 14.3 Å². The Hall–Kier alpha value is -1.83. The van der Waals surface area contributed by atoms with Gasteiger partial charge in [-0.25, -0.2) is 9.59 Å². The van der Waals surface area contributed by atoms with Gasteiger partial charge in [0.15, 0.2) is 0 Å². The average Bonchev–Trinajstić information content (AvgIpc) is 2.58. The van der Waals surface area contributed by atoms with Crippen LogP contribution >= 0.6 is 0 Å². The van der Waals surface area contributed by atoms with Gasteiger partial charge in [-0.3, -0.25) is 4.79 Å². The zero-order chi connectivity index (χ0) is 24.0. The maximum atomic E-state index is 11.9. The molecule has 2 saturated heterocycles. The average molecular weight is 442 g/mol. The van der Waals surface area contributed by atoms with Crippen molar-refractivity contribution in [3.05, 3.63) is 0 Å². The summed E-state index contributed by atoms with van der Waals surface area (Å²) in [7, 11) is 1.97. The topological polar surface area (TPSA) is 88.2 Å². The molecule has 8 nitrogen and oxygen atoms in total.